The summed E-state index contributed by atoms with van der Waals surface area (Å²) in [5, 5.41) is 14.6. The van der Waals surface area contributed by atoms with Gasteiger partial charge in [-0.3, -0.25) is 9.69 Å². The third-order valence-corrected chi connectivity index (χ3v) is 6.16. The minimum absolute atomic E-state index is 0.0722. The van der Waals surface area contributed by atoms with Crippen molar-refractivity contribution in [2.24, 2.45) is 5.92 Å². The van der Waals surface area contributed by atoms with Crippen LogP contribution in [0.3, 0.4) is 0 Å². The molecule has 2 fully saturated rings. The lowest BCUT2D eigenvalue weighted by Gasteiger charge is -2.31. The van der Waals surface area contributed by atoms with E-state index in [0.29, 0.717) is 29.4 Å². The number of likely N-dealkylation sites (tertiary alicyclic amines) is 1. The Kier molecular flexibility index (Phi) is 5.13. The number of aryl methyl sites for hydroxylation is 1. The van der Waals surface area contributed by atoms with Crippen LogP contribution < -0.4 is 5.32 Å². The van der Waals surface area contributed by atoms with Gasteiger partial charge in [0.2, 0.25) is 0 Å². The van der Waals surface area contributed by atoms with Gasteiger partial charge in [0.05, 0.1) is 5.56 Å². The van der Waals surface area contributed by atoms with Crippen LogP contribution in [0.4, 0.5) is 0 Å². The number of nitrogens with zero attached hydrogens (tertiary/aromatic N) is 1. The average molecular weight is 370 g/mol. The highest BCUT2D eigenvalue weighted by molar-refractivity contribution is 6.09. The highest BCUT2D eigenvalue weighted by atomic mass is 16.3. The first-order chi connectivity index (χ1) is 13.0. The lowest BCUT2D eigenvalue weighted by Crippen LogP contribution is -2.34. The van der Waals surface area contributed by atoms with E-state index in [1.807, 2.05) is 6.92 Å². The molecule has 2 heterocycles. The maximum absolute atomic E-state index is 13.0. The van der Waals surface area contributed by atoms with Gasteiger partial charge in [0.15, 0.2) is 0 Å². The fourth-order valence-corrected chi connectivity index (χ4v) is 4.78. The summed E-state index contributed by atoms with van der Waals surface area (Å²) in [4.78, 5) is 15.4. The molecule has 0 bridgehead atoms. The molecule has 1 aromatic heterocycles. The van der Waals surface area contributed by atoms with E-state index in [1.54, 1.807) is 12.1 Å². The number of phenols is 1. The van der Waals surface area contributed by atoms with Gasteiger partial charge in [-0.1, -0.05) is 19.8 Å². The van der Waals surface area contributed by atoms with Gasteiger partial charge in [-0.05, 0) is 57.2 Å². The maximum Gasteiger partial charge on any atom is 0.255 e. The van der Waals surface area contributed by atoms with Crippen molar-refractivity contribution in [3.63, 3.8) is 0 Å². The van der Waals surface area contributed by atoms with Gasteiger partial charge >= 0.3 is 0 Å². The lowest BCUT2D eigenvalue weighted by molar-refractivity contribution is 0.0937. The first kappa shape index (κ1) is 18.4. The first-order valence-electron chi connectivity index (χ1n) is 10.3. The zero-order valence-corrected chi connectivity index (χ0v) is 16.4. The Morgan fingerprint density at radius 2 is 2.04 bits per heavy atom. The largest absolute Gasteiger partial charge is 0.508 e. The monoisotopic (exact) mass is 370 g/mol. The van der Waals surface area contributed by atoms with Crippen LogP contribution in [0.15, 0.2) is 16.5 Å². The van der Waals surface area contributed by atoms with E-state index < -0.39 is 0 Å². The molecule has 2 aliphatic rings. The van der Waals surface area contributed by atoms with Gasteiger partial charge in [0.1, 0.15) is 17.1 Å². The number of aromatic hydroxyl groups is 1. The van der Waals surface area contributed by atoms with Gasteiger partial charge < -0.3 is 14.8 Å². The second-order valence-electron chi connectivity index (χ2n) is 8.41. The van der Waals surface area contributed by atoms with E-state index >= 15 is 0 Å². The summed E-state index contributed by atoms with van der Waals surface area (Å²) in [6.07, 6.45) is 6.88. The number of phenolic OH excluding ortho intramolecular Hbond substituents is 1. The molecule has 27 heavy (non-hydrogen) atoms. The van der Waals surface area contributed by atoms with E-state index in [-0.39, 0.29) is 17.7 Å². The molecule has 1 aliphatic heterocycles. The zero-order valence-electron chi connectivity index (χ0n) is 16.4. The van der Waals surface area contributed by atoms with Gasteiger partial charge in [-0.15, -0.1) is 0 Å². The fraction of sp³-hybridized carbons (Fsp3) is 0.591. The predicted molar refractivity (Wildman–Crippen MR) is 106 cm³/mol. The summed E-state index contributed by atoms with van der Waals surface area (Å²) < 4.78 is 5.90. The van der Waals surface area contributed by atoms with Gasteiger partial charge in [0, 0.05) is 30.1 Å². The van der Waals surface area contributed by atoms with E-state index in [1.165, 1.54) is 25.7 Å². The van der Waals surface area contributed by atoms with Crippen molar-refractivity contribution in [2.45, 2.75) is 65.0 Å². The number of carbonyl (C=O) groups excluding carboxylic acids is 1. The molecule has 1 saturated heterocycles. The number of carbonyl (C=O) groups is 1. The Morgan fingerprint density at radius 1 is 1.26 bits per heavy atom. The number of nitrogens with one attached hydrogen (secondary N) is 1. The molecule has 4 rings (SSSR count). The molecule has 5 nitrogen and oxygen atoms in total. The molecule has 2 N–H and O–H groups in total. The molecule has 0 radical (unpaired) electrons. The summed E-state index contributed by atoms with van der Waals surface area (Å²) in [5.41, 5.74) is 2.09. The highest BCUT2D eigenvalue weighted by Crippen LogP contribution is 2.35. The van der Waals surface area contributed by atoms with E-state index in [2.05, 4.69) is 17.1 Å². The average Bonchev–Trinajstić information content (AvgIpc) is 3.24. The highest BCUT2D eigenvalue weighted by Gasteiger charge is 2.27. The van der Waals surface area contributed by atoms with Gasteiger partial charge in [-0.2, -0.15) is 0 Å². The van der Waals surface area contributed by atoms with Gasteiger partial charge in [0.25, 0.3) is 5.91 Å². The maximum atomic E-state index is 13.0. The number of rotatable bonds is 4. The molecule has 5 heteroatoms. The molecule has 1 aliphatic carbocycles. The second-order valence-corrected chi connectivity index (χ2v) is 8.41. The molecule has 2 aromatic rings. The summed E-state index contributed by atoms with van der Waals surface area (Å²) in [5.74, 6) is 1.46. The molecule has 0 spiro atoms. The Hall–Kier alpha value is -2.01. The van der Waals surface area contributed by atoms with Crippen molar-refractivity contribution < 1.29 is 14.3 Å². The zero-order chi connectivity index (χ0) is 19.0. The third-order valence-electron chi connectivity index (χ3n) is 6.16. The van der Waals surface area contributed by atoms with E-state index in [4.69, 9.17) is 4.42 Å². The Morgan fingerprint density at radius 3 is 2.78 bits per heavy atom. The van der Waals surface area contributed by atoms with E-state index in [0.717, 1.165) is 36.9 Å². The number of fused-ring (bicyclic) bond motifs is 1. The number of amides is 1. The minimum atomic E-state index is -0.0722. The SMILES string of the molecule is Cc1oc2ccc(O)c(CN3CCC[C@H](C)C3)c2c1C(=O)NC1CCCC1. The molecule has 1 atom stereocenters. The first-order valence-corrected chi connectivity index (χ1v) is 10.3. The Balaban J connectivity index is 1.69. The number of benzene rings is 1. The molecule has 1 aromatic carbocycles. The summed E-state index contributed by atoms with van der Waals surface area (Å²) >= 11 is 0. The topological polar surface area (TPSA) is 65.7 Å². The number of hydrogen-bond acceptors (Lipinski definition) is 4. The van der Waals surface area contributed by atoms with Crippen LogP contribution in [0, 0.1) is 12.8 Å². The van der Waals surface area contributed by atoms with Crippen molar-refractivity contribution >= 4 is 16.9 Å². The summed E-state index contributed by atoms with van der Waals surface area (Å²) in [6, 6.07) is 3.71. The number of piperidine rings is 1. The molecule has 1 saturated carbocycles. The minimum Gasteiger partial charge on any atom is -0.508 e. The summed E-state index contributed by atoms with van der Waals surface area (Å²) in [6.45, 7) is 6.81. The smallest absolute Gasteiger partial charge is 0.255 e. The summed E-state index contributed by atoms with van der Waals surface area (Å²) in [7, 11) is 0. The standard InChI is InChI=1S/C22H30N2O3/c1-14-6-5-11-24(12-14)13-17-18(25)9-10-19-21(17)20(15(2)27-19)22(26)23-16-7-3-4-8-16/h9-10,14,16,25H,3-8,11-13H2,1-2H3,(H,23,26)/t14-/m0/s1. The third kappa shape index (κ3) is 3.70. The van der Waals surface area contributed by atoms with Crippen LogP contribution in [0.25, 0.3) is 11.0 Å². The Labute approximate surface area is 160 Å². The van der Waals surface area contributed by atoms with Crippen LogP contribution in [0.1, 0.15) is 67.1 Å². The van der Waals surface area contributed by atoms with Crippen LogP contribution in [0.2, 0.25) is 0 Å². The normalized spacial score (nSPS) is 21.8. The molecule has 146 valence electrons. The van der Waals surface area contributed by atoms with Crippen molar-refractivity contribution in [2.75, 3.05) is 13.1 Å². The quantitative estimate of drug-likeness (QED) is 0.840. The van der Waals surface area contributed by atoms with E-state index in [9.17, 15) is 9.90 Å². The Bertz CT molecular complexity index is 836. The lowest BCUT2D eigenvalue weighted by atomic mass is 9.98. The molecular formula is C22H30N2O3. The van der Waals surface area contributed by atoms with Crippen molar-refractivity contribution in [3.05, 3.63) is 29.0 Å². The number of furan rings is 1. The second kappa shape index (κ2) is 7.55. The van der Waals surface area contributed by atoms with Crippen LogP contribution in [-0.4, -0.2) is 35.0 Å². The van der Waals surface area contributed by atoms with Crippen molar-refractivity contribution in [3.8, 4) is 5.75 Å². The number of hydrogen-bond donors (Lipinski definition) is 2. The van der Waals surface area contributed by atoms with Crippen LogP contribution >= 0.6 is 0 Å². The van der Waals surface area contributed by atoms with Crippen molar-refractivity contribution in [1.29, 1.82) is 0 Å². The van der Waals surface area contributed by atoms with Gasteiger partial charge in [-0.25, -0.2) is 0 Å². The fourth-order valence-electron chi connectivity index (χ4n) is 4.78. The van der Waals surface area contributed by atoms with Crippen LogP contribution in [0.5, 0.6) is 5.75 Å². The predicted octanol–water partition coefficient (Wildman–Crippen LogP) is 4.35. The molecule has 0 unspecified atom stereocenters. The molecular weight excluding hydrogens is 340 g/mol. The molecule has 1 amide bonds. The van der Waals surface area contributed by atoms with Crippen molar-refractivity contribution in [1.82, 2.24) is 10.2 Å². The van der Waals surface area contributed by atoms with Crippen LogP contribution in [-0.2, 0) is 6.54 Å².